The largest absolute Gasteiger partial charge is 0.478 e. The molecule has 0 unspecified atom stereocenters. The molecule has 0 heterocycles. The van der Waals surface area contributed by atoms with Gasteiger partial charge in [0.2, 0.25) is 0 Å². The van der Waals surface area contributed by atoms with Gasteiger partial charge in [-0.25, -0.2) is 13.2 Å². The minimum atomic E-state index is -3.36. The monoisotopic (exact) mass is 276 g/mol. The number of rotatable bonds is 5. The third kappa shape index (κ3) is 3.44. The van der Waals surface area contributed by atoms with Gasteiger partial charge < -0.3 is 5.11 Å². The maximum atomic E-state index is 11.8. The van der Waals surface area contributed by atoms with Gasteiger partial charge in [-0.2, -0.15) is 0 Å². The predicted octanol–water partition coefficient (Wildman–Crippen LogP) is 2.61. The van der Waals surface area contributed by atoms with Gasteiger partial charge in [0.1, 0.15) is 0 Å². The normalized spacial score (nSPS) is 11.4. The molecule has 4 nitrogen and oxygen atoms in total. The Hall–Kier alpha value is -1.07. The number of benzene rings is 1. The maximum Gasteiger partial charge on any atom is 0.337 e. The van der Waals surface area contributed by atoms with Crippen molar-refractivity contribution in [3.05, 3.63) is 28.8 Å². The highest BCUT2D eigenvalue weighted by Gasteiger charge is 2.17. The molecule has 0 aliphatic carbocycles. The van der Waals surface area contributed by atoms with Gasteiger partial charge in [-0.3, -0.25) is 0 Å². The summed E-state index contributed by atoms with van der Waals surface area (Å²) in [4.78, 5) is 10.8. The number of halogens is 1. The standard InChI is InChI=1S/C11H13ClO4S/c1-2-3-6-17(15,16)8-4-5-9(11(13)14)10(12)7-8/h4-5,7H,2-3,6H2,1H3,(H,13,14). The Bertz CT molecular complexity index is 522. The first kappa shape index (κ1) is 14.0. The second kappa shape index (κ2) is 5.51. The summed E-state index contributed by atoms with van der Waals surface area (Å²) < 4.78 is 23.6. The maximum absolute atomic E-state index is 11.8. The van der Waals surface area contributed by atoms with E-state index in [1.54, 1.807) is 0 Å². The fraction of sp³-hybridized carbons (Fsp3) is 0.364. The molecule has 94 valence electrons. The average molecular weight is 277 g/mol. The summed E-state index contributed by atoms with van der Waals surface area (Å²) in [5.41, 5.74) is -0.0962. The SMILES string of the molecule is CCCCS(=O)(=O)c1ccc(C(=O)O)c(Cl)c1. The van der Waals surface area contributed by atoms with E-state index in [1.165, 1.54) is 18.2 Å². The van der Waals surface area contributed by atoms with E-state index < -0.39 is 15.8 Å². The number of carbonyl (C=O) groups is 1. The molecule has 1 rings (SSSR count). The lowest BCUT2D eigenvalue weighted by molar-refractivity contribution is 0.0697. The summed E-state index contributed by atoms with van der Waals surface area (Å²) in [5.74, 6) is -1.13. The molecule has 0 amide bonds. The molecule has 0 atom stereocenters. The van der Waals surface area contributed by atoms with Crippen LogP contribution < -0.4 is 0 Å². The van der Waals surface area contributed by atoms with Crippen LogP contribution in [-0.4, -0.2) is 25.2 Å². The zero-order chi connectivity index (χ0) is 13.1. The van der Waals surface area contributed by atoms with Crippen LogP contribution in [0.3, 0.4) is 0 Å². The molecule has 1 N–H and O–H groups in total. The highest BCUT2D eigenvalue weighted by molar-refractivity contribution is 7.91. The van der Waals surface area contributed by atoms with E-state index in [-0.39, 0.29) is 21.2 Å². The number of sulfone groups is 1. The smallest absolute Gasteiger partial charge is 0.337 e. The predicted molar refractivity (Wildman–Crippen MR) is 65.4 cm³/mol. The molecule has 0 aromatic heterocycles. The molecule has 0 aliphatic heterocycles. The van der Waals surface area contributed by atoms with Gasteiger partial charge in [0.05, 0.1) is 21.2 Å². The van der Waals surface area contributed by atoms with E-state index in [0.29, 0.717) is 6.42 Å². The molecule has 0 radical (unpaired) electrons. The van der Waals surface area contributed by atoms with Crippen molar-refractivity contribution in [3.63, 3.8) is 0 Å². The second-order valence-corrected chi connectivity index (χ2v) is 6.14. The van der Waals surface area contributed by atoms with Crippen LogP contribution in [0.5, 0.6) is 0 Å². The fourth-order valence-electron chi connectivity index (χ4n) is 1.31. The Morgan fingerprint density at radius 3 is 2.53 bits per heavy atom. The average Bonchev–Trinajstić information content (AvgIpc) is 2.25. The van der Waals surface area contributed by atoms with E-state index in [1.807, 2.05) is 6.92 Å². The summed E-state index contributed by atoms with van der Waals surface area (Å²) in [6.07, 6.45) is 1.35. The molecule has 0 saturated heterocycles. The van der Waals surface area contributed by atoms with Crippen LogP contribution in [0.1, 0.15) is 30.1 Å². The van der Waals surface area contributed by atoms with Crippen LogP contribution in [0.15, 0.2) is 23.1 Å². The van der Waals surface area contributed by atoms with Crippen molar-refractivity contribution < 1.29 is 18.3 Å². The molecule has 0 aliphatic rings. The van der Waals surface area contributed by atoms with E-state index in [2.05, 4.69) is 0 Å². The molecule has 0 saturated carbocycles. The van der Waals surface area contributed by atoms with Crippen LogP contribution in [0.4, 0.5) is 0 Å². The molecule has 0 spiro atoms. The van der Waals surface area contributed by atoms with E-state index >= 15 is 0 Å². The number of carboxylic acid groups (broad SMARTS) is 1. The highest BCUT2D eigenvalue weighted by atomic mass is 35.5. The molecule has 0 fully saturated rings. The molecule has 0 bridgehead atoms. The van der Waals surface area contributed by atoms with Crippen LogP contribution >= 0.6 is 11.6 Å². The highest BCUT2D eigenvalue weighted by Crippen LogP contribution is 2.22. The van der Waals surface area contributed by atoms with Gasteiger partial charge in [-0.15, -0.1) is 0 Å². The van der Waals surface area contributed by atoms with E-state index in [0.717, 1.165) is 6.42 Å². The first-order chi connectivity index (χ1) is 7.88. The van der Waals surface area contributed by atoms with Gasteiger partial charge in [0.15, 0.2) is 9.84 Å². The Kier molecular flexibility index (Phi) is 4.54. The van der Waals surface area contributed by atoms with Gasteiger partial charge in [-0.1, -0.05) is 24.9 Å². The Balaban J connectivity index is 3.09. The zero-order valence-electron chi connectivity index (χ0n) is 9.31. The van der Waals surface area contributed by atoms with Crippen molar-refractivity contribution in [2.75, 3.05) is 5.75 Å². The summed E-state index contributed by atoms with van der Waals surface area (Å²) >= 11 is 5.72. The fourth-order valence-corrected chi connectivity index (χ4v) is 3.12. The minimum absolute atomic E-state index is 0.0479. The van der Waals surface area contributed by atoms with Crippen molar-refractivity contribution in [1.82, 2.24) is 0 Å². The molecular weight excluding hydrogens is 264 g/mol. The van der Waals surface area contributed by atoms with Crippen LogP contribution in [0.25, 0.3) is 0 Å². The van der Waals surface area contributed by atoms with Gasteiger partial charge in [0.25, 0.3) is 0 Å². The lowest BCUT2D eigenvalue weighted by atomic mass is 10.2. The Morgan fingerprint density at radius 2 is 2.06 bits per heavy atom. The van der Waals surface area contributed by atoms with E-state index in [9.17, 15) is 13.2 Å². The molecule has 6 heteroatoms. The number of carboxylic acids is 1. The first-order valence-corrected chi connectivity index (χ1v) is 7.17. The van der Waals surface area contributed by atoms with Crippen molar-refractivity contribution in [1.29, 1.82) is 0 Å². The van der Waals surface area contributed by atoms with Crippen molar-refractivity contribution >= 4 is 27.4 Å². The lowest BCUT2D eigenvalue weighted by Gasteiger charge is -2.05. The van der Waals surface area contributed by atoms with Crippen molar-refractivity contribution in [2.45, 2.75) is 24.7 Å². The van der Waals surface area contributed by atoms with Gasteiger partial charge >= 0.3 is 5.97 Å². The minimum Gasteiger partial charge on any atom is -0.478 e. The van der Waals surface area contributed by atoms with Crippen LogP contribution in [0, 0.1) is 0 Å². The molecular formula is C11H13ClO4S. The number of hydrogen-bond acceptors (Lipinski definition) is 3. The van der Waals surface area contributed by atoms with Crippen LogP contribution in [-0.2, 0) is 9.84 Å². The molecule has 1 aromatic carbocycles. The molecule has 17 heavy (non-hydrogen) atoms. The number of aromatic carboxylic acids is 1. The van der Waals surface area contributed by atoms with Crippen molar-refractivity contribution in [3.8, 4) is 0 Å². The van der Waals surface area contributed by atoms with Gasteiger partial charge in [0, 0.05) is 0 Å². The summed E-state index contributed by atoms with van der Waals surface area (Å²) in [7, 11) is -3.36. The summed E-state index contributed by atoms with van der Waals surface area (Å²) in [6.45, 7) is 1.90. The number of unbranched alkanes of at least 4 members (excludes halogenated alkanes) is 1. The molecule has 1 aromatic rings. The first-order valence-electron chi connectivity index (χ1n) is 5.14. The van der Waals surface area contributed by atoms with Crippen molar-refractivity contribution in [2.24, 2.45) is 0 Å². The Labute approximate surface area is 105 Å². The van der Waals surface area contributed by atoms with E-state index in [4.69, 9.17) is 16.7 Å². The lowest BCUT2D eigenvalue weighted by Crippen LogP contribution is -2.07. The third-order valence-electron chi connectivity index (χ3n) is 2.30. The number of hydrogen-bond donors (Lipinski definition) is 1. The van der Waals surface area contributed by atoms with Gasteiger partial charge in [-0.05, 0) is 24.6 Å². The quantitative estimate of drug-likeness (QED) is 0.897. The summed E-state index contributed by atoms with van der Waals surface area (Å²) in [5, 5.41) is 8.71. The second-order valence-electron chi connectivity index (χ2n) is 3.62. The van der Waals surface area contributed by atoms with Crippen LogP contribution in [0.2, 0.25) is 5.02 Å². The zero-order valence-corrected chi connectivity index (χ0v) is 10.9. The summed E-state index contributed by atoms with van der Waals surface area (Å²) in [6, 6.07) is 3.68. The topological polar surface area (TPSA) is 71.4 Å². The Morgan fingerprint density at radius 1 is 1.41 bits per heavy atom. The third-order valence-corrected chi connectivity index (χ3v) is 4.41.